The first-order valence-corrected chi connectivity index (χ1v) is 10.2. The number of nitrogens with zero attached hydrogens (tertiary/aromatic N) is 4. The minimum atomic E-state index is -0.315. The van der Waals surface area contributed by atoms with E-state index in [1.54, 1.807) is 4.90 Å². The maximum atomic E-state index is 12.7. The van der Waals surface area contributed by atoms with Gasteiger partial charge in [0.25, 0.3) is 0 Å². The van der Waals surface area contributed by atoms with E-state index in [1.807, 2.05) is 33.4 Å². The molecule has 1 aliphatic rings. The molecule has 1 heterocycles. The molecule has 2 rings (SSSR count). The van der Waals surface area contributed by atoms with Crippen molar-refractivity contribution >= 4 is 11.9 Å². The molecular formula is C20H36N6O. The first-order valence-electron chi connectivity index (χ1n) is 10.2. The summed E-state index contributed by atoms with van der Waals surface area (Å²) in [5, 5.41) is 6.72. The highest BCUT2D eigenvalue weighted by Crippen LogP contribution is 2.39. The monoisotopic (exact) mass is 376 g/mol. The number of aromatic nitrogens is 2. The molecule has 2 N–H and O–H groups in total. The first-order chi connectivity index (χ1) is 13.0. The topological polar surface area (TPSA) is 74.6 Å². The van der Waals surface area contributed by atoms with Gasteiger partial charge in [-0.15, -0.1) is 0 Å². The Kier molecular flexibility index (Phi) is 8.13. The van der Waals surface area contributed by atoms with E-state index in [0.29, 0.717) is 6.54 Å². The standard InChI is InChI=1S/C20H36N6O/c1-5-21-19(23-12-8-9-14-26-15-13-22-17(26)2)24-16-20(10-6-7-11-20)18(27)25(3)4/h13,15H,5-12,14,16H2,1-4H3,(H2,21,23,24). The van der Waals surface area contributed by atoms with Crippen molar-refractivity contribution in [1.29, 1.82) is 0 Å². The van der Waals surface area contributed by atoms with Crippen molar-refractivity contribution in [1.82, 2.24) is 25.1 Å². The SMILES string of the molecule is CCNC(=NCC1(C(=O)N(C)C)CCCC1)NCCCCn1ccnc1C. The number of carbonyl (C=O) groups excluding carboxylic acids is 1. The molecule has 1 aliphatic carbocycles. The van der Waals surface area contributed by atoms with Gasteiger partial charge in [-0.2, -0.15) is 0 Å². The van der Waals surface area contributed by atoms with Crippen LogP contribution in [0.5, 0.6) is 0 Å². The third-order valence-corrected chi connectivity index (χ3v) is 5.35. The highest BCUT2D eigenvalue weighted by atomic mass is 16.2. The summed E-state index contributed by atoms with van der Waals surface area (Å²) >= 11 is 0. The lowest BCUT2D eigenvalue weighted by atomic mass is 9.85. The van der Waals surface area contributed by atoms with E-state index in [-0.39, 0.29) is 11.3 Å². The van der Waals surface area contributed by atoms with Crippen molar-refractivity contribution in [2.24, 2.45) is 10.4 Å². The second-order valence-electron chi connectivity index (χ2n) is 7.68. The Hall–Kier alpha value is -2.05. The smallest absolute Gasteiger partial charge is 0.230 e. The van der Waals surface area contributed by atoms with Crippen LogP contribution in [0.2, 0.25) is 0 Å². The lowest BCUT2D eigenvalue weighted by Crippen LogP contribution is -2.43. The molecule has 152 valence electrons. The van der Waals surface area contributed by atoms with Gasteiger partial charge in [-0.1, -0.05) is 12.8 Å². The Morgan fingerprint density at radius 3 is 2.63 bits per heavy atom. The average molecular weight is 377 g/mol. The van der Waals surface area contributed by atoms with Crippen LogP contribution in [-0.4, -0.2) is 60.0 Å². The number of aliphatic imine (C=N–C) groups is 1. The van der Waals surface area contributed by atoms with Crippen molar-refractivity contribution in [2.75, 3.05) is 33.7 Å². The molecule has 1 aromatic heterocycles. The molecule has 0 aliphatic heterocycles. The zero-order valence-electron chi connectivity index (χ0n) is 17.4. The van der Waals surface area contributed by atoms with E-state index in [1.165, 1.54) is 0 Å². The largest absolute Gasteiger partial charge is 0.357 e. The van der Waals surface area contributed by atoms with Crippen molar-refractivity contribution in [3.8, 4) is 0 Å². The van der Waals surface area contributed by atoms with Gasteiger partial charge in [0.05, 0.1) is 12.0 Å². The van der Waals surface area contributed by atoms with Crippen LogP contribution >= 0.6 is 0 Å². The van der Waals surface area contributed by atoms with E-state index in [0.717, 1.165) is 69.9 Å². The zero-order valence-corrected chi connectivity index (χ0v) is 17.4. The Bertz CT molecular complexity index is 616. The van der Waals surface area contributed by atoms with Crippen LogP contribution in [0.1, 0.15) is 51.3 Å². The fourth-order valence-corrected chi connectivity index (χ4v) is 3.79. The summed E-state index contributed by atoms with van der Waals surface area (Å²) in [5.41, 5.74) is -0.315. The molecule has 0 aromatic carbocycles. The number of amides is 1. The van der Waals surface area contributed by atoms with Gasteiger partial charge in [0, 0.05) is 46.1 Å². The van der Waals surface area contributed by atoms with Gasteiger partial charge in [0.1, 0.15) is 5.82 Å². The quantitative estimate of drug-likeness (QED) is 0.393. The van der Waals surface area contributed by atoms with Crippen LogP contribution in [0.15, 0.2) is 17.4 Å². The number of rotatable bonds is 9. The highest BCUT2D eigenvalue weighted by molar-refractivity contribution is 5.84. The van der Waals surface area contributed by atoms with Crippen molar-refractivity contribution in [3.63, 3.8) is 0 Å². The molecule has 0 bridgehead atoms. The Balaban J connectivity index is 1.83. The third kappa shape index (κ3) is 5.97. The van der Waals surface area contributed by atoms with E-state index >= 15 is 0 Å². The molecule has 1 amide bonds. The number of guanidine groups is 1. The second-order valence-corrected chi connectivity index (χ2v) is 7.68. The van der Waals surface area contributed by atoms with Crippen molar-refractivity contribution < 1.29 is 4.79 Å². The maximum Gasteiger partial charge on any atom is 0.230 e. The molecule has 0 atom stereocenters. The summed E-state index contributed by atoms with van der Waals surface area (Å²) in [6.07, 6.45) is 10.1. The first kappa shape index (κ1) is 21.3. The van der Waals surface area contributed by atoms with Crippen LogP contribution in [0.4, 0.5) is 0 Å². The molecular weight excluding hydrogens is 340 g/mol. The number of nitrogens with one attached hydrogen (secondary N) is 2. The van der Waals surface area contributed by atoms with Crippen LogP contribution in [-0.2, 0) is 11.3 Å². The fourth-order valence-electron chi connectivity index (χ4n) is 3.79. The lowest BCUT2D eigenvalue weighted by molar-refractivity contribution is -0.138. The van der Waals surface area contributed by atoms with Crippen LogP contribution in [0.3, 0.4) is 0 Å². The Morgan fingerprint density at radius 1 is 1.30 bits per heavy atom. The van der Waals surface area contributed by atoms with Gasteiger partial charge in [0.2, 0.25) is 5.91 Å². The molecule has 1 aromatic rings. The number of hydrogen-bond donors (Lipinski definition) is 2. The summed E-state index contributed by atoms with van der Waals surface area (Å²) in [6, 6.07) is 0. The molecule has 7 heteroatoms. The summed E-state index contributed by atoms with van der Waals surface area (Å²) in [4.78, 5) is 23.4. The number of hydrogen-bond acceptors (Lipinski definition) is 3. The Labute approximate surface area is 163 Å². The molecule has 27 heavy (non-hydrogen) atoms. The summed E-state index contributed by atoms with van der Waals surface area (Å²) in [5.74, 6) is 2.09. The molecule has 0 radical (unpaired) electrons. The third-order valence-electron chi connectivity index (χ3n) is 5.35. The van der Waals surface area contributed by atoms with Crippen LogP contribution < -0.4 is 10.6 Å². The fraction of sp³-hybridized carbons (Fsp3) is 0.750. The molecule has 0 spiro atoms. The molecule has 1 saturated carbocycles. The van der Waals surface area contributed by atoms with Gasteiger partial charge < -0.3 is 20.1 Å². The normalized spacial score (nSPS) is 16.4. The minimum absolute atomic E-state index is 0.218. The maximum absolute atomic E-state index is 12.7. The average Bonchev–Trinajstić information content (AvgIpc) is 3.28. The van der Waals surface area contributed by atoms with Crippen molar-refractivity contribution in [3.05, 3.63) is 18.2 Å². The highest BCUT2D eigenvalue weighted by Gasteiger charge is 2.41. The molecule has 0 unspecified atom stereocenters. The van der Waals surface area contributed by atoms with Gasteiger partial charge in [-0.25, -0.2) is 4.98 Å². The van der Waals surface area contributed by atoms with Crippen LogP contribution in [0, 0.1) is 12.3 Å². The van der Waals surface area contributed by atoms with Gasteiger partial charge in [0.15, 0.2) is 5.96 Å². The lowest BCUT2D eigenvalue weighted by Gasteiger charge is -2.29. The molecule has 1 fully saturated rings. The van der Waals surface area contributed by atoms with E-state index in [2.05, 4.69) is 27.1 Å². The summed E-state index contributed by atoms with van der Waals surface area (Å²) in [6.45, 7) is 7.33. The predicted molar refractivity (Wildman–Crippen MR) is 110 cm³/mol. The molecule has 7 nitrogen and oxygen atoms in total. The van der Waals surface area contributed by atoms with Gasteiger partial charge in [-0.3, -0.25) is 9.79 Å². The number of carbonyl (C=O) groups is 1. The Morgan fingerprint density at radius 2 is 2.04 bits per heavy atom. The van der Waals surface area contributed by atoms with Crippen LogP contribution in [0.25, 0.3) is 0 Å². The number of unbranched alkanes of at least 4 members (excludes halogenated alkanes) is 1. The molecule has 0 saturated heterocycles. The number of imidazole rings is 1. The van der Waals surface area contributed by atoms with Gasteiger partial charge in [-0.05, 0) is 39.5 Å². The summed E-state index contributed by atoms with van der Waals surface area (Å²) < 4.78 is 2.18. The van der Waals surface area contributed by atoms with Crippen molar-refractivity contribution in [2.45, 2.75) is 58.9 Å². The van der Waals surface area contributed by atoms with E-state index < -0.39 is 0 Å². The van der Waals surface area contributed by atoms with E-state index in [4.69, 9.17) is 4.99 Å². The zero-order chi connectivity index (χ0) is 19.7. The number of aryl methyl sites for hydroxylation is 2. The van der Waals surface area contributed by atoms with Gasteiger partial charge >= 0.3 is 0 Å². The minimum Gasteiger partial charge on any atom is -0.357 e. The van der Waals surface area contributed by atoms with E-state index in [9.17, 15) is 4.79 Å². The predicted octanol–water partition coefficient (Wildman–Crippen LogP) is 2.18. The second kappa shape index (κ2) is 10.3. The summed E-state index contributed by atoms with van der Waals surface area (Å²) in [7, 11) is 3.69.